The van der Waals surface area contributed by atoms with Gasteiger partial charge in [-0.05, 0) is 37.0 Å². The van der Waals surface area contributed by atoms with Crippen molar-refractivity contribution in [3.05, 3.63) is 42.5 Å². The van der Waals surface area contributed by atoms with Crippen molar-refractivity contribution >= 4 is 10.8 Å². The molecule has 0 aromatic heterocycles. The minimum absolute atomic E-state index is 0.316. The van der Waals surface area contributed by atoms with Gasteiger partial charge in [0.2, 0.25) is 0 Å². The highest BCUT2D eigenvalue weighted by Crippen LogP contribution is 2.20. The number of aliphatic hydroxyl groups is 1. The maximum atomic E-state index is 9.73. The van der Waals surface area contributed by atoms with Crippen molar-refractivity contribution in [3.8, 4) is 5.75 Å². The summed E-state index contributed by atoms with van der Waals surface area (Å²) in [7, 11) is 3.86. The number of ether oxygens (including phenoxy) is 1. The molecule has 96 valence electrons. The van der Waals surface area contributed by atoms with Crippen LogP contribution in [0.4, 0.5) is 0 Å². The Kier molecular flexibility index (Phi) is 4.18. The van der Waals surface area contributed by atoms with Crippen molar-refractivity contribution in [2.75, 3.05) is 27.2 Å². The van der Waals surface area contributed by atoms with Crippen LogP contribution in [0.15, 0.2) is 42.5 Å². The monoisotopic (exact) mass is 245 g/mol. The highest BCUT2D eigenvalue weighted by Gasteiger charge is 2.06. The molecule has 0 radical (unpaired) electrons. The lowest BCUT2D eigenvalue weighted by Crippen LogP contribution is -2.30. The topological polar surface area (TPSA) is 32.7 Å². The Morgan fingerprint density at radius 1 is 1.11 bits per heavy atom. The predicted molar refractivity (Wildman–Crippen MR) is 74.0 cm³/mol. The Labute approximate surface area is 108 Å². The van der Waals surface area contributed by atoms with Crippen molar-refractivity contribution in [1.29, 1.82) is 0 Å². The van der Waals surface area contributed by atoms with Crippen LogP contribution in [-0.4, -0.2) is 43.4 Å². The zero-order valence-electron chi connectivity index (χ0n) is 10.8. The third kappa shape index (κ3) is 3.45. The Morgan fingerprint density at radius 3 is 2.56 bits per heavy atom. The number of hydrogen-bond acceptors (Lipinski definition) is 3. The lowest BCUT2D eigenvalue weighted by molar-refractivity contribution is 0.0832. The van der Waals surface area contributed by atoms with Crippen LogP contribution in [0.2, 0.25) is 0 Å². The first-order chi connectivity index (χ1) is 8.65. The quantitative estimate of drug-likeness (QED) is 0.876. The summed E-state index contributed by atoms with van der Waals surface area (Å²) in [5.41, 5.74) is 0. The first-order valence-corrected chi connectivity index (χ1v) is 6.09. The summed E-state index contributed by atoms with van der Waals surface area (Å²) in [6.45, 7) is 0.921. The third-order valence-corrected chi connectivity index (χ3v) is 2.74. The van der Waals surface area contributed by atoms with E-state index in [9.17, 15) is 5.11 Å². The number of fused-ring (bicyclic) bond motifs is 1. The molecular weight excluding hydrogens is 226 g/mol. The first-order valence-electron chi connectivity index (χ1n) is 6.09. The molecule has 1 atom stereocenters. The van der Waals surface area contributed by atoms with E-state index in [2.05, 4.69) is 12.1 Å². The van der Waals surface area contributed by atoms with E-state index in [0.29, 0.717) is 13.2 Å². The number of rotatable bonds is 5. The van der Waals surface area contributed by atoms with Gasteiger partial charge in [-0.2, -0.15) is 0 Å². The molecule has 0 aliphatic heterocycles. The second-order valence-corrected chi connectivity index (χ2v) is 4.74. The molecule has 0 saturated carbocycles. The maximum absolute atomic E-state index is 9.73. The molecule has 0 fully saturated rings. The van der Waals surface area contributed by atoms with Gasteiger partial charge in [0.1, 0.15) is 18.5 Å². The predicted octanol–water partition coefficient (Wildman–Crippen LogP) is 2.14. The molecule has 0 heterocycles. The van der Waals surface area contributed by atoms with E-state index in [0.717, 1.165) is 11.1 Å². The van der Waals surface area contributed by atoms with E-state index < -0.39 is 6.10 Å². The fourth-order valence-electron chi connectivity index (χ4n) is 1.92. The fourth-order valence-corrected chi connectivity index (χ4v) is 1.92. The van der Waals surface area contributed by atoms with Crippen molar-refractivity contribution in [1.82, 2.24) is 4.90 Å². The number of likely N-dealkylation sites (N-methyl/N-ethyl adjacent to an activating group) is 1. The summed E-state index contributed by atoms with van der Waals surface area (Å²) >= 11 is 0. The zero-order valence-corrected chi connectivity index (χ0v) is 10.8. The van der Waals surface area contributed by atoms with Gasteiger partial charge in [-0.15, -0.1) is 0 Å². The van der Waals surface area contributed by atoms with Crippen molar-refractivity contribution in [2.24, 2.45) is 0 Å². The molecule has 3 heteroatoms. The summed E-state index contributed by atoms with van der Waals surface area (Å²) in [5, 5.41) is 12.1. The number of hydrogen-bond donors (Lipinski definition) is 1. The summed E-state index contributed by atoms with van der Waals surface area (Å²) in [6.07, 6.45) is -0.466. The summed E-state index contributed by atoms with van der Waals surface area (Å²) in [6, 6.07) is 14.1. The Hall–Kier alpha value is -1.58. The van der Waals surface area contributed by atoms with E-state index in [4.69, 9.17) is 4.74 Å². The molecule has 18 heavy (non-hydrogen) atoms. The van der Waals surface area contributed by atoms with E-state index in [1.54, 1.807) is 0 Å². The van der Waals surface area contributed by atoms with Gasteiger partial charge >= 0.3 is 0 Å². The summed E-state index contributed by atoms with van der Waals surface area (Å²) in [5.74, 6) is 0.798. The molecular formula is C15H19NO2. The molecule has 3 nitrogen and oxygen atoms in total. The van der Waals surface area contributed by atoms with E-state index in [1.165, 1.54) is 5.39 Å². The highest BCUT2D eigenvalue weighted by atomic mass is 16.5. The minimum atomic E-state index is -0.466. The van der Waals surface area contributed by atoms with Gasteiger partial charge in [0.05, 0.1) is 0 Å². The maximum Gasteiger partial charge on any atom is 0.120 e. The van der Waals surface area contributed by atoms with Crippen LogP contribution in [0.5, 0.6) is 5.75 Å². The van der Waals surface area contributed by atoms with Crippen molar-refractivity contribution in [3.63, 3.8) is 0 Å². The molecule has 0 bridgehead atoms. The Bertz CT molecular complexity index is 511. The molecule has 1 unspecified atom stereocenters. The van der Waals surface area contributed by atoms with Gasteiger partial charge in [0, 0.05) is 6.54 Å². The van der Waals surface area contributed by atoms with Gasteiger partial charge in [0.15, 0.2) is 0 Å². The molecule has 2 rings (SSSR count). The standard InChI is InChI=1S/C15H19NO2/c1-16(2)10-14(17)11-18-15-8-7-12-5-3-4-6-13(12)9-15/h3-9,14,17H,10-11H2,1-2H3. The Balaban J connectivity index is 1.99. The zero-order chi connectivity index (χ0) is 13.0. The van der Waals surface area contributed by atoms with Crippen molar-refractivity contribution in [2.45, 2.75) is 6.10 Å². The third-order valence-electron chi connectivity index (χ3n) is 2.74. The van der Waals surface area contributed by atoms with Gasteiger partial charge < -0.3 is 14.7 Å². The number of aliphatic hydroxyl groups excluding tert-OH is 1. The van der Waals surface area contributed by atoms with Crippen LogP contribution in [0.3, 0.4) is 0 Å². The normalized spacial score (nSPS) is 12.9. The second-order valence-electron chi connectivity index (χ2n) is 4.74. The van der Waals surface area contributed by atoms with Crippen LogP contribution in [0.25, 0.3) is 10.8 Å². The molecule has 0 aliphatic carbocycles. The highest BCUT2D eigenvalue weighted by molar-refractivity contribution is 5.83. The molecule has 2 aromatic carbocycles. The smallest absolute Gasteiger partial charge is 0.120 e. The Morgan fingerprint density at radius 2 is 1.83 bits per heavy atom. The molecule has 2 aromatic rings. The molecule has 0 amide bonds. The fraction of sp³-hybridized carbons (Fsp3) is 0.333. The van der Waals surface area contributed by atoms with Gasteiger partial charge in [-0.1, -0.05) is 30.3 Å². The van der Waals surface area contributed by atoms with Crippen molar-refractivity contribution < 1.29 is 9.84 Å². The van der Waals surface area contributed by atoms with Gasteiger partial charge in [-0.3, -0.25) is 0 Å². The second kappa shape index (κ2) is 5.85. The summed E-state index contributed by atoms with van der Waals surface area (Å²) < 4.78 is 5.60. The van der Waals surface area contributed by atoms with Crippen LogP contribution < -0.4 is 4.74 Å². The van der Waals surface area contributed by atoms with Gasteiger partial charge in [0.25, 0.3) is 0 Å². The largest absolute Gasteiger partial charge is 0.491 e. The molecule has 1 N–H and O–H groups in total. The minimum Gasteiger partial charge on any atom is -0.491 e. The van der Waals surface area contributed by atoms with E-state index >= 15 is 0 Å². The van der Waals surface area contributed by atoms with Crippen LogP contribution >= 0.6 is 0 Å². The SMILES string of the molecule is CN(C)CC(O)COc1ccc2ccccc2c1. The average molecular weight is 245 g/mol. The summed E-state index contributed by atoms with van der Waals surface area (Å²) in [4.78, 5) is 1.94. The van der Waals surface area contributed by atoms with Crippen LogP contribution in [0.1, 0.15) is 0 Å². The molecule has 0 aliphatic rings. The molecule has 0 saturated heterocycles. The lowest BCUT2D eigenvalue weighted by Gasteiger charge is -2.16. The van der Waals surface area contributed by atoms with Gasteiger partial charge in [-0.25, -0.2) is 0 Å². The van der Waals surface area contributed by atoms with Crippen LogP contribution in [-0.2, 0) is 0 Å². The number of benzene rings is 2. The van der Waals surface area contributed by atoms with E-state index in [1.807, 2.05) is 49.3 Å². The number of nitrogens with zero attached hydrogens (tertiary/aromatic N) is 1. The van der Waals surface area contributed by atoms with E-state index in [-0.39, 0.29) is 0 Å². The first kappa shape index (κ1) is 12.9. The lowest BCUT2D eigenvalue weighted by atomic mass is 10.1. The molecule has 0 spiro atoms. The van der Waals surface area contributed by atoms with Crippen LogP contribution in [0, 0.1) is 0 Å². The average Bonchev–Trinajstić information content (AvgIpc) is 2.35.